The summed E-state index contributed by atoms with van der Waals surface area (Å²) in [4.78, 5) is 10.8. The molecule has 7 heteroatoms. The molecule has 0 fully saturated rings. The monoisotopic (exact) mass is 282 g/mol. The number of nitrogens with zero attached hydrogens (tertiary/aromatic N) is 3. The molecule has 0 atom stereocenters. The van der Waals surface area contributed by atoms with E-state index in [1.165, 1.54) is 4.68 Å². The van der Waals surface area contributed by atoms with E-state index in [9.17, 15) is 10.1 Å². The van der Waals surface area contributed by atoms with Crippen LogP contribution in [0.3, 0.4) is 0 Å². The molecule has 0 bridgehead atoms. The Bertz CT molecular complexity index is 468. The van der Waals surface area contributed by atoms with Gasteiger partial charge in [-0.3, -0.25) is 10.1 Å². The van der Waals surface area contributed by atoms with E-state index in [4.69, 9.17) is 4.74 Å². The van der Waals surface area contributed by atoms with Crippen molar-refractivity contribution in [2.45, 2.75) is 26.2 Å². The van der Waals surface area contributed by atoms with Crippen LogP contribution in [0.15, 0.2) is 12.7 Å². The lowest BCUT2D eigenvalue weighted by Gasteiger charge is -2.06. The summed E-state index contributed by atoms with van der Waals surface area (Å²) in [5, 5.41) is 18.4. The van der Waals surface area contributed by atoms with Gasteiger partial charge in [-0.1, -0.05) is 19.9 Å². The van der Waals surface area contributed by atoms with Crippen molar-refractivity contribution in [2.75, 3.05) is 25.1 Å². The summed E-state index contributed by atoms with van der Waals surface area (Å²) in [6.45, 7) is 8.96. The Balaban J connectivity index is 2.69. The van der Waals surface area contributed by atoms with Crippen LogP contribution in [0.5, 0.6) is 0 Å². The third-order valence-corrected chi connectivity index (χ3v) is 2.78. The predicted molar refractivity (Wildman–Crippen MR) is 78.1 cm³/mol. The minimum atomic E-state index is -0.386. The highest BCUT2D eigenvalue weighted by Crippen LogP contribution is 2.32. The Morgan fingerprint density at radius 1 is 1.55 bits per heavy atom. The SMILES string of the molecule is C=CCCOCCNc1c([N+](=O)[O-])c(C(C)C)nn1C. The normalized spacial score (nSPS) is 10.8. The Morgan fingerprint density at radius 2 is 2.25 bits per heavy atom. The maximum absolute atomic E-state index is 11.2. The topological polar surface area (TPSA) is 82.2 Å². The molecule has 0 aliphatic heterocycles. The molecule has 7 nitrogen and oxygen atoms in total. The highest BCUT2D eigenvalue weighted by atomic mass is 16.6. The quantitative estimate of drug-likeness (QED) is 0.325. The van der Waals surface area contributed by atoms with Crippen molar-refractivity contribution < 1.29 is 9.66 Å². The van der Waals surface area contributed by atoms with Crippen molar-refractivity contribution in [1.29, 1.82) is 0 Å². The zero-order valence-electron chi connectivity index (χ0n) is 12.3. The van der Waals surface area contributed by atoms with E-state index in [1.54, 1.807) is 13.1 Å². The summed E-state index contributed by atoms with van der Waals surface area (Å²) in [6.07, 6.45) is 2.58. The van der Waals surface area contributed by atoms with Crippen LogP contribution >= 0.6 is 0 Å². The summed E-state index contributed by atoms with van der Waals surface area (Å²) >= 11 is 0. The Kier molecular flexibility index (Phi) is 6.17. The number of aromatic nitrogens is 2. The molecule has 0 aliphatic carbocycles. The molecule has 0 amide bonds. The van der Waals surface area contributed by atoms with Crippen molar-refractivity contribution in [3.8, 4) is 0 Å². The van der Waals surface area contributed by atoms with Gasteiger partial charge in [0.2, 0.25) is 5.82 Å². The van der Waals surface area contributed by atoms with E-state index in [2.05, 4.69) is 17.0 Å². The van der Waals surface area contributed by atoms with Gasteiger partial charge in [-0.15, -0.1) is 6.58 Å². The summed E-state index contributed by atoms with van der Waals surface area (Å²) in [6, 6.07) is 0. The molecular weight excluding hydrogens is 260 g/mol. The number of hydrogen-bond donors (Lipinski definition) is 1. The van der Waals surface area contributed by atoms with Gasteiger partial charge >= 0.3 is 5.69 Å². The number of nitro groups is 1. The van der Waals surface area contributed by atoms with E-state index >= 15 is 0 Å². The highest BCUT2D eigenvalue weighted by molar-refractivity contribution is 5.60. The van der Waals surface area contributed by atoms with Crippen LogP contribution in [-0.2, 0) is 11.8 Å². The molecule has 0 unspecified atom stereocenters. The van der Waals surface area contributed by atoms with Crippen LogP contribution in [-0.4, -0.2) is 34.5 Å². The third-order valence-electron chi connectivity index (χ3n) is 2.78. The van der Waals surface area contributed by atoms with Crippen molar-refractivity contribution in [2.24, 2.45) is 7.05 Å². The second-order valence-electron chi connectivity index (χ2n) is 4.73. The lowest BCUT2D eigenvalue weighted by Crippen LogP contribution is -2.13. The molecule has 20 heavy (non-hydrogen) atoms. The molecule has 0 saturated carbocycles. The van der Waals surface area contributed by atoms with Crippen LogP contribution in [0.1, 0.15) is 31.9 Å². The van der Waals surface area contributed by atoms with Gasteiger partial charge in [0.05, 0.1) is 18.1 Å². The van der Waals surface area contributed by atoms with Crippen molar-refractivity contribution >= 4 is 11.5 Å². The fourth-order valence-corrected chi connectivity index (χ4v) is 1.81. The van der Waals surface area contributed by atoms with E-state index in [1.807, 2.05) is 13.8 Å². The van der Waals surface area contributed by atoms with Crippen LogP contribution < -0.4 is 5.32 Å². The Morgan fingerprint density at radius 3 is 2.80 bits per heavy atom. The van der Waals surface area contributed by atoms with E-state index < -0.39 is 0 Å². The van der Waals surface area contributed by atoms with Gasteiger partial charge < -0.3 is 10.1 Å². The first kappa shape index (κ1) is 16.2. The van der Waals surface area contributed by atoms with Gasteiger partial charge in [0.1, 0.15) is 5.69 Å². The lowest BCUT2D eigenvalue weighted by atomic mass is 10.1. The smallest absolute Gasteiger partial charge is 0.334 e. The fraction of sp³-hybridized carbons (Fsp3) is 0.615. The first-order valence-electron chi connectivity index (χ1n) is 6.62. The Labute approximate surface area is 118 Å². The number of nitrogens with one attached hydrogen (secondary N) is 1. The van der Waals surface area contributed by atoms with Crippen LogP contribution in [0.25, 0.3) is 0 Å². The molecular formula is C13H22N4O3. The molecule has 112 valence electrons. The minimum absolute atomic E-state index is 0.000918. The molecule has 0 spiro atoms. The second kappa shape index (κ2) is 7.64. The molecule has 1 heterocycles. The minimum Gasteiger partial charge on any atom is -0.379 e. The number of rotatable bonds is 9. The fourth-order valence-electron chi connectivity index (χ4n) is 1.81. The molecule has 1 rings (SSSR count). The lowest BCUT2D eigenvalue weighted by molar-refractivity contribution is -0.384. The maximum Gasteiger partial charge on any atom is 0.334 e. The summed E-state index contributed by atoms with van der Waals surface area (Å²) in [5.74, 6) is 0.423. The summed E-state index contributed by atoms with van der Waals surface area (Å²) < 4.78 is 6.87. The molecule has 0 aliphatic rings. The van der Waals surface area contributed by atoms with Crippen LogP contribution in [0, 0.1) is 10.1 Å². The first-order chi connectivity index (χ1) is 9.49. The third kappa shape index (κ3) is 4.06. The molecule has 0 radical (unpaired) electrons. The zero-order valence-corrected chi connectivity index (χ0v) is 12.3. The highest BCUT2D eigenvalue weighted by Gasteiger charge is 2.28. The molecule has 1 N–H and O–H groups in total. The maximum atomic E-state index is 11.2. The average molecular weight is 282 g/mol. The van der Waals surface area contributed by atoms with E-state index in [0.717, 1.165) is 6.42 Å². The number of hydrogen-bond acceptors (Lipinski definition) is 5. The van der Waals surface area contributed by atoms with Gasteiger partial charge in [-0.2, -0.15) is 5.10 Å². The van der Waals surface area contributed by atoms with Gasteiger partial charge in [0, 0.05) is 19.5 Å². The van der Waals surface area contributed by atoms with Gasteiger partial charge in [0.25, 0.3) is 0 Å². The molecule has 0 saturated heterocycles. The molecule has 1 aromatic rings. The molecule has 0 aromatic carbocycles. The van der Waals surface area contributed by atoms with Crippen LogP contribution in [0.2, 0.25) is 0 Å². The Hall–Kier alpha value is -1.89. The van der Waals surface area contributed by atoms with Crippen molar-refractivity contribution in [3.63, 3.8) is 0 Å². The van der Waals surface area contributed by atoms with E-state index in [0.29, 0.717) is 31.3 Å². The number of aryl methyl sites for hydroxylation is 1. The van der Waals surface area contributed by atoms with Crippen molar-refractivity contribution in [3.05, 3.63) is 28.5 Å². The second-order valence-corrected chi connectivity index (χ2v) is 4.73. The van der Waals surface area contributed by atoms with Gasteiger partial charge in [-0.05, 0) is 6.42 Å². The molecule has 1 aromatic heterocycles. The number of anilines is 1. The van der Waals surface area contributed by atoms with E-state index in [-0.39, 0.29) is 16.5 Å². The zero-order chi connectivity index (χ0) is 15.1. The van der Waals surface area contributed by atoms with Gasteiger partial charge in [0.15, 0.2) is 0 Å². The first-order valence-corrected chi connectivity index (χ1v) is 6.62. The summed E-state index contributed by atoms with van der Waals surface area (Å²) in [7, 11) is 1.69. The predicted octanol–water partition coefficient (Wildman–Crippen LogP) is 2.46. The standard InChI is InChI=1S/C13H22N4O3/c1-5-6-8-20-9-7-14-13-12(17(18)19)11(10(2)3)15-16(13)4/h5,10,14H,1,6-9H2,2-4H3. The van der Waals surface area contributed by atoms with Crippen molar-refractivity contribution in [1.82, 2.24) is 9.78 Å². The average Bonchev–Trinajstić information content (AvgIpc) is 2.71. The largest absolute Gasteiger partial charge is 0.379 e. The van der Waals surface area contributed by atoms with Crippen LogP contribution in [0.4, 0.5) is 11.5 Å². The van der Waals surface area contributed by atoms with Gasteiger partial charge in [-0.25, -0.2) is 4.68 Å². The number of ether oxygens (including phenoxy) is 1. The summed E-state index contributed by atoms with van der Waals surface area (Å²) in [5.41, 5.74) is 0.543.